The topological polar surface area (TPSA) is 33.2 Å². The lowest BCUT2D eigenvalue weighted by molar-refractivity contribution is -0.141. The van der Waals surface area contributed by atoms with Crippen molar-refractivity contribution in [3.8, 4) is 0 Å². The fourth-order valence-corrected chi connectivity index (χ4v) is 5.32. The van der Waals surface area contributed by atoms with Crippen LogP contribution in [0.3, 0.4) is 0 Å². The summed E-state index contributed by atoms with van der Waals surface area (Å²) in [5.74, 6) is -0.108. The number of anilines is 1. The molecule has 1 aliphatic heterocycles. The van der Waals surface area contributed by atoms with Gasteiger partial charge in [-0.15, -0.1) is 11.8 Å². The second kappa shape index (κ2) is 6.68. The minimum absolute atomic E-state index is 0.00696. The Kier molecular flexibility index (Phi) is 4.94. The second-order valence-corrected chi connectivity index (χ2v) is 7.72. The molecule has 1 saturated heterocycles. The molecule has 1 amide bonds. The summed E-state index contributed by atoms with van der Waals surface area (Å²) in [4.78, 5) is 17.3. The minimum Gasteiger partial charge on any atom is -0.279 e. The maximum absolute atomic E-state index is 12.9. The first-order valence-electron chi connectivity index (χ1n) is 6.71. The lowest BCUT2D eigenvalue weighted by atomic mass is 10.2. The molecule has 9 heteroatoms. The smallest absolute Gasteiger partial charge is 0.279 e. The molecule has 0 N–H and O–H groups in total. The molecular formula is C15H9Br2F3N2OS. The maximum atomic E-state index is 12.9. The molecule has 3 rings (SSSR count). The molecule has 0 saturated carbocycles. The number of aromatic nitrogens is 1. The summed E-state index contributed by atoms with van der Waals surface area (Å²) in [6.45, 7) is 0. The lowest BCUT2D eigenvalue weighted by Crippen LogP contribution is -2.29. The summed E-state index contributed by atoms with van der Waals surface area (Å²) in [7, 11) is 0. The molecule has 126 valence electrons. The Hall–Kier alpha value is -1.06. The molecule has 1 atom stereocenters. The number of halogens is 5. The number of hydrogen-bond donors (Lipinski definition) is 0. The van der Waals surface area contributed by atoms with Gasteiger partial charge in [0.2, 0.25) is 5.91 Å². The number of pyridine rings is 1. The quantitative estimate of drug-likeness (QED) is 0.575. The van der Waals surface area contributed by atoms with Crippen LogP contribution in [0.5, 0.6) is 0 Å². The average Bonchev–Trinajstić information content (AvgIpc) is 2.88. The normalized spacial score (nSPS) is 18.3. The first-order valence-corrected chi connectivity index (χ1v) is 9.34. The number of nitrogens with zero attached hydrogens (tertiary/aromatic N) is 2. The van der Waals surface area contributed by atoms with Gasteiger partial charge >= 0.3 is 6.18 Å². The zero-order valence-corrected chi connectivity index (χ0v) is 15.8. The van der Waals surface area contributed by atoms with E-state index >= 15 is 0 Å². The van der Waals surface area contributed by atoms with Crippen molar-refractivity contribution >= 4 is 55.3 Å². The molecule has 0 spiro atoms. The molecule has 24 heavy (non-hydrogen) atoms. The summed E-state index contributed by atoms with van der Waals surface area (Å²) in [6, 6.07) is 9.03. The highest BCUT2D eigenvalue weighted by Crippen LogP contribution is 2.46. The molecule has 1 fully saturated rings. The predicted octanol–water partition coefficient (Wildman–Crippen LogP) is 5.40. The minimum atomic E-state index is -4.56. The fourth-order valence-electron chi connectivity index (χ4n) is 2.35. The molecule has 0 aliphatic carbocycles. The van der Waals surface area contributed by atoms with Crippen LogP contribution in [0.25, 0.3) is 0 Å². The SMILES string of the molecule is O=C1CS[C@H](c2c(Br)cccc2Br)N1c1cccc(C(F)(F)F)n1. The Morgan fingerprint density at radius 3 is 2.38 bits per heavy atom. The summed E-state index contributed by atoms with van der Waals surface area (Å²) < 4.78 is 40.3. The van der Waals surface area contributed by atoms with E-state index in [9.17, 15) is 18.0 Å². The van der Waals surface area contributed by atoms with Crippen LogP contribution in [0.15, 0.2) is 45.3 Å². The van der Waals surface area contributed by atoms with E-state index in [1.165, 1.54) is 28.8 Å². The second-order valence-electron chi connectivity index (χ2n) is 4.94. The fraction of sp³-hybridized carbons (Fsp3) is 0.200. The van der Waals surface area contributed by atoms with Crippen molar-refractivity contribution in [3.05, 3.63) is 56.6 Å². The Balaban J connectivity index is 2.07. The Labute approximate surface area is 156 Å². The predicted molar refractivity (Wildman–Crippen MR) is 93.8 cm³/mol. The van der Waals surface area contributed by atoms with Crippen molar-refractivity contribution in [2.75, 3.05) is 10.7 Å². The van der Waals surface area contributed by atoms with Crippen molar-refractivity contribution in [1.29, 1.82) is 0 Å². The first kappa shape index (κ1) is 17.8. The van der Waals surface area contributed by atoms with Crippen molar-refractivity contribution in [3.63, 3.8) is 0 Å². The first-order chi connectivity index (χ1) is 11.3. The van der Waals surface area contributed by atoms with Gasteiger partial charge in [0.15, 0.2) is 0 Å². The number of hydrogen-bond acceptors (Lipinski definition) is 3. The third kappa shape index (κ3) is 3.34. The van der Waals surface area contributed by atoms with Crippen LogP contribution in [-0.4, -0.2) is 16.6 Å². The van der Waals surface area contributed by atoms with Gasteiger partial charge in [0.05, 0.1) is 5.75 Å². The van der Waals surface area contributed by atoms with Gasteiger partial charge in [-0.05, 0) is 24.3 Å². The highest BCUT2D eigenvalue weighted by Gasteiger charge is 2.39. The third-order valence-corrected chi connectivity index (χ3v) is 5.95. The molecule has 1 aromatic carbocycles. The Morgan fingerprint density at radius 1 is 1.12 bits per heavy atom. The van der Waals surface area contributed by atoms with Crippen molar-refractivity contribution in [2.24, 2.45) is 0 Å². The van der Waals surface area contributed by atoms with E-state index in [-0.39, 0.29) is 17.5 Å². The van der Waals surface area contributed by atoms with Gasteiger partial charge in [-0.25, -0.2) is 4.98 Å². The third-order valence-electron chi connectivity index (χ3n) is 3.39. The Bertz CT molecular complexity index is 780. The van der Waals surface area contributed by atoms with Gasteiger partial charge in [0.25, 0.3) is 0 Å². The summed E-state index contributed by atoms with van der Waals surface area (Å²) in [6.07, 6.45) is -4.56. The number of amides is 1. The van der Waals surface area contributed by atoms with E-state index < -0.39 is 17.2 Å². The maximum Gasteiger partial charge on any atom is 0.433 e. The van der Waals surface area contributed by atoms with E-state index in [0.717, 1.165) is 20.6 Å². The number of rotatable bonds is 2. The molecule has 2 aromatic rings. The van der Waals surface area contributed by atoms with Gasteiger partial charge in [0, 0.05) is 14.5 Å². The largest absolute Gasteiger partial charge is 0.433 e. The highest BCUT2D eigenvalue weighted by molar-refractivity contribution is 9.11. The molecule has 0 unspecified atom stereocenters. The molecule has 0 bridgehead atoms. The molecular weight excluding hydrogens is 473 g/mol. The highest BCUT2D eigenvalue weighted by atomic mass is 79.9. The number of alkyl halides is 3. The number of carbonyl (C=O) groups is 1. The standard InChI is InChI=1S/C15H9Br2F3N2OS/c16-8-3-1-4-9(17)13(8)14-22(12(23)7-24-14)11-6-2-5-10(21-11)15(18,19)20/h1-6,14H,7H2/t14-/m1/s1. The van der Waals surface area contributed by atoms with E-state index in [0.29, 0.717) is 0 Å². The van der Waals surface area contributed by atoms with E-state index in [1.54, 1.807) is 0 Å². The molecule has 1 aromatic heterocycles. The molecule has 2 heterocycles. The van der Waals surface area contributed by atoms with E-state index in [4.69, 9.17) is 0 Å². The van der Waals surface area contributed by atoms with Crippen LogP contribution in [0.4, 0.5) is 19.0 Å². The van der Waals surface area contributed by atoms with Gasteiger partial charge < -0.3 is 0 Å². The van der Waals surface area contributed by atoms with Crippen molar-refractivity contribution in [2.45, 2.75) is 11.6 Å². The number of carbonyl (C=O) groups excluding carboxylic acids is 1. The van der Waals surface area contributed by atoms with Crippen LogP contribution < -0.4 is 4.90 Å². The van der Waals surface area contributed by atoms with Gasteiger partial charge in [-0.2, -0.15) is 13.2 Å². The van der Waals surface area contributed by atoms with Gasteiger partial charge in [-0.3, -0.25) is 9.69 Å². The van der Waals surface area contributed by atoms with Crippen molar-refractivity contribution < 1.29 is 18.0 Å². The van der Waals surface area contributed by atoms with E-state index in [1.807, 2.05) is 18.2 Å². The summed E-state index contributed by atoms with van der Waals surface area (Å²) in [5.41, 5.74) is -0.234. The van der Waals surface area contributed by atoms with Crippen molar-refractivity contribution in [1.82, 2.24) is 4.98 Å². The van der Waals surface area contributed by atoms with Crippen LogP contribution in [-0.2, 0) is 11.0 Å². The average molecular weight is 482 g/mol. The Morgan fingerprint density at radius 2 is 1.75 bits per heavy atom. The molecule has 0 radical (unpaired) electrons. The van der Waals surface area contributed by atoms with Gasteiger partial charge in [-0.1, -0.05) is 44.0 Å². The van der Waals surface area contributed by atoms with Crippen LogP contribution in [0.1, 0.15) is 16.6 Å². The number of benzene rings is 1. The zero-order valence-electron chi connectivity index (χ0n) is 11.8. The molecule has 3 nitrogen and oxygen atoms in total. The molecule has 1 aliphatic rings. The zero-order chi connectivity index (χ0) is 17.5. The van der Waals surface area contributed by atoms with Gasteiger partial charge in [0.1, 0.15) is 16.9 Å². The monoisotopic (exact) mass is 480 g/mol. The van der Waals surface area contributed by atoms with Crippen LogP contribution >= 0.6 is 43.6 Å². The van der Waals surface area contributed by atoms with Crippen LogP contribution in [0, 0.1) is 0 Å². The van der Waals surface area contributed by atoms with E-state index in [2.05, 4.69) is 36.8 Å². The number of thioether (sulfide) groups is 1. The van der Waals surface area contributed by atoms with Crippen LogP contribution in [0.2, 0.25) is 0 Å². The lowest BCUT2D eigenvalue weighted by Gasteiger charge is -2.25. The summed E-state index contributed by atoms with van der Waals surface area (Å²) in [5, 5.41) is -0.460. The summed E-state index contributed by atoms with van der Waals surface area (Å²) >= 11 is 8.23.